The predicted molar refractivity (Wildman–Crippen MR) is 58.3 cm³/mol. The average molecular weight is 254 g/mol. The van der Waals surface area contributed by atoms with E-state index in [1.54, 1.807) is 27.7 Å². The lowest BCUT2D eigenvalue weighted by atomic mass is 10.5. The Balaban J connectivity index is 4.30. The Morgan fingerprint density at radius 2 is 1.62 bits per heavy atom. The minimum Gasteiger partial charge on any atom is -0.481 e. The molecular weight excluding hydrogens is 235 g/mol. The minimum atomic E-state index is -3.65. The lowest BCUT2D eigenvalue weighted by molar-refractivity contribution is -0.137. The molecule has 0 fully saturated rings. The first-order valence-electron chi connectivity index (χ1n) is 5.08. The second-order valence-corrected chi connectivity index (χ2v) is 5.31. The summed E-state index contributed by atoms with van der Waals surface area (Å²) in [5.41, 5.74) is 0. The van der Waals surface area contributed by atoms with Crippen molar-refractivity contribution in [3.8, 4) is 0 Å². The van der Waals surface area contributed by atoms with Crippen LogP contribution < -0.4 is 0 Å². The van der Waals surface area contributed by atoms with Crippen molar-refractivity contribution < 1.29 is 28.0 Å². The van der Waals surface area contributed by atoms with Crippen LogP contribution in [0.3, 0.4) is 0 Å². The molecule has 0 aromatic carbocycles. The SMILES string of the molecule is CC(C)OP(=O)(OCCC(=O)O)OC(C)C. The normalized spacial score (nSPS) is 12.4. The number of phosphoric ester groups is 1. The molecule has 0 aromatic rings. The van der Waals surface area contributed by atoms with Crippen molar-refractivity contribution in [2.45, 2.75) is 46.3 Å². The van der Waals surface area contributed by atoms with Crippen LogP contribution in [0.1, 0.15) is 34.1 Å². The van der Waals surface area contributed by atoms with Crippen molar-refractivity contribution in [1.29, 1.82) is 0 Å². The second kappa shape index (κ2) is 7.01. The average Bonchev–Trinajstić information content (AvgIpc) is 1.98. The number of phosphoric acid groups is 1. The van der Waals surface area contributed by atoms with Crippen LogP contribution in [0.5, 0.6) is 0 Å². The van der Waals surface area contributed by atoms with E-state index in [1.807, 2.05) is 0 Å². The maximum Gasteiger partial charge on any atom is 0.475 e. The molecule has 0 heterocycles. The maximum absolute atomic E-state index is 12.0. The van der Waals surface area contributed by atoms with E-state index >= 15 is 0 Å². The van der Waals surface area contributed by atoms with E-state index in [0.717, 1.165) is 0 Å². The Kier molecular flexibility index (Phi) is 6.83. The molecule has 0 aliphatic heterocycles. The molecule has 0 saturated carbocycles. The van der Waals surface area contributed by atoms with Gasteiger partial charge in [-0.2, -0.15) is 0 Å². The zero-order chi connectivity index (χ0) is 12.8. The third-order valence-electron chi connectivity index (χ3n) is 1.25. The summed E-state index contributed by atoms with van der Waals surface area (Å²) < 4.78 is 26.9. The fraction of sp³-hybridized carbons (Fsp3) is 0.889. The van der Waals surface area contributed by atoms with E-state index in [2.05, 4.69) is 0 Å². The summed E-state index contributed by atoms with van der Waals surface area (Å²) in [4.78, 5) is 10.3. The Bertz CT molecular complexity index is 249. The topological polar surface area (TPSA) is 82.1 Å². The molecule has 0 amide bonds. The molecule has 0 radical (unpaired) electrons. The molecule has 0 saturated heterocycles. The third-order valence-corrected chi connectivity index (χ3v) is 3.10. The summed E-state index contributed by atoms with van der Waals surface area (Å²) in [6, 6.07) is 0. The molecule has 0 rings (SSSR count). The van der Waals surface area contributed by atoms with Crippen LogP contribution in [0.25, 0.3) is 0 Å². The number of hydrogen-bond donors (Lipinski definition) is 1. The zero-order valence-corrected chi connectivity index (χ0v) is 10.9. The van der Waals surface area contributed by atoms with Crippen molar-refractivity contribution in [1.82, 2.24) is 0 Å². The summed E-state index contributed by atoms with van der Waals surface area (Å²) in [5.74, 6) is -1.03. The molecule has 96 valence electrons. The van der Waals surface area contributed by atoms with Gasteiger partial charge < -0.3 is 5.11 Å². The Morgan fingerprint density at radius 3 is 1.94 bits per heavy atom. The van der Waals surface area contributed by atoms with Gasteiger partial charge in [0.1, 0.15) is 0 Å². The summed E-state index contributed by atoms with van der Waals surface area (Å²) in [5, 5.41) is 8.42. The molecule has 16 heavy (non-hydrogen) atoms. The van der Waals surface area contributed by atoms with Gasteiger partial charge in [0, 0.05) is 0 Å². The van der Waals surface area contributed by atoms with Gasteiger partial charge in [-0.05, 0) is 27.7 Å². The molecule has 0 bridgehead atoms. The number of carboxylic acids is 1. The Hall–Kier alpha value is -0.420. The maximum atomic E-state index is 12.0. The number of hydrogen-bond acceptors (Lipinski definition) is 5. The lowest BCUT2D eigenvalue weighted by Crippen LogP contribution is -2.11. The molecule has 0 spiro atoms. The molecule has 6 nitrogen and oxygen atoms in total. The van der Waals surface area contributed by atoms with Gasteiger partial charge in [0.2, 0.25) is 0 Å². The summed E-state index contributed by atoms with van der Waals surface area (Å²) >= 11 is 0. The van der Waals surface area contributed by atoms with Crippen LogP contribution in [-0.2, 0) is 22.9 Å². The molecule has 0 aromatic heterocycles. The summed E-state index contributed by atoms with van der Waals surface area (Å²) in [7, 11) is -3.65. The number of rotatable bonds is 8. The van der Waals surface area contributed by atoms with E-state index in [0.29, 0.717) is 0 Å². The quantitative estimate of drug-likeness (QED) is 0.670. The second-order valence-electron chi connectivity index (χ2n) is 3.73. The van der Waals surface area contributed by atoms with E-state index in [1.165, 1.54) is 0 Å². The number of carbonyl (C=O) groups is 1. The molecule has 7 heteroatoms. The first kappa shape index (κ1) is 15.6. The predicted octanol–water partition coefficient (Wildman–Crippen LogP) is 2.44. The van der Waals surface area contributed by atoms with E-state index < -0.39 is 13.8 Å². The monoisotopic (exact) mass is 254 g/mol. The standard InChI is InChI=1S/C9H19O6P/c1-7(2)14-16(12,15-8(3)4)13-6-5-9(10)11/h7-8H,5-6H2,1-4H3,(H,10,11). The smallest absolute Gasteiger partial charge is 0.475 e. The van der Waals surface area contributed by atoms with Crippen LogP contribution in [0, 0.1) is 0 Å². The van der Waals surface area contributed by atoms with Gasteiger partial charge >= 0.3 is 13.8 Å². The van der Waals surface area contributed by atoms with Crippen LogP contribution in [0.4, 0.5) is 0 Å². The van der Waals surface area contributed by atoms with Gasteiger partial charge in [0.05, 0.1) is 25.2 Å². The molecule has 0 atom stereocenters. The van der Waals surface area contributed by atoms with Crippen molar-refractivity contribution >= 4 is 13.8 Å². The minimum absolute atomic E-state index is 0.202. The fourth-order valence-electron chi connectivity index (χ4n) is 0.847. The Labute approximate surface area is 95.5 Å². The Morgan fingerprint density at radius 1 is 1.19 bits per heavy atom. The third kappa shape index (κ3) is 7.82. The van der Waals surface area contributed by atoms with Crippen LogP contribution in [0.2, 0.25) is 0 Å². The molecule has 0 aliphatic carbocycles. The van der Waals surface area contributed by atoms with Gasteiger partial charge in [-0.3, -0.25) is 18.4 Å². The highest BCUT2D eigenvalue weighted by Crippen LogP contribution is 2.51. The highest BCUT2D eigenvalue weighted by Gasteiger charge is 2.29. The van der Waals surface area contributed by atoms with Gasteiger partial charge in [-0.15, -0.1) is 0 Å². The molecule has 0 unspecified atom stereocenters. The highest BCUT2D eigenvalue weighted by atomic mass is 31.2. The summed E-state index contributed by atoms with van der Waals surface area (Å²) in [6.45, 7) is 6.56. The van der Waals surface area contributed by atoms with Crippen molar-refractivity contribution in [3.05, 3.63) is 0 Å². The highest BCUT2D eigenvalue weighted by molar-refractivity contribution is 7.48. The molecule has 0 aliphatic rings. The molecule has 1 N–H and O–H groups in total. The van der Waals surface area contributed by atoms with E-state index in [-0.39, 0.29) is 25.2 Å². The van der Waals surface area contributed by atoms with E-state index in [4.69, 9.17) is 18.7 Å². The number of aliphatic carboxylic acids is 1. The van der Waals surface area contributed by atoms with E-state index in [9.17, 15) is 9.36 Å². The summed E-state index contributed by atoms with van der Waals surface area (Å²) in [6.07, 6.45) is -0.892. The van der Waals surface area contributed by atoms with Crippen LogP contribution >= 0.6 is 7.82 Å². The number of carboxylic acid groups (broad SMARTS) is 1. The van der Waals surface area contributed by atoms with Crippen molar-refractivity contribution in [2.75, 3.05) is 6.61 Å². The van der Waals surface area contributed by atoms with Gasteiger partial charge in [0.25, 0.3) is 0 Å². The van der Waals surface area contributed by atoms with Crippen LogP contribution in [-0.4, -0.2) is 29.9 Å². The van der Waals surface area contributed by atoms with Crippen molar-refractivity contribution in [2.24, 2.45) is 0 Å². The molecular formula is C9H19O6P. The fourth-order valence-corrected chi connectivity index (χ4v) is 2.37. The largest absolute Gasteiger partial charge is 0.481 e. The first-order chi connectivity index (χ1) is 7.25. The van der Waals surface area contributed by atoms with Crippen LogP contribution in [0.15, 0.2) is 0 Å². The first-order valence-corrected chi connectivity index (χ1v) is 6.54. The van der Waals surface area contributed by atoms with Gasteiger partial charge in [-0.1, -0.05) is 0 Å². The lowest BCUT2D eigenvalue weighted by Gasteiger charge is -2.21. The van der Waals surface area contributed by atoms with Gasteiger partial charge in [0.15, 0.2) is 0 Å². The zero-order valence-electron chi connectivity index (χ0n) is 10.0. The van der Waals surface area contributed by atoms with Crippen molar-refractivity contribution in [3.63, 3.8) is 0 Å². The van der Waals surface area contributed by atoms with Gasteiger partial charge in [-0.25, -0.2) is 4.57 Å².